The zero-order chi connectivity index (χ0) is 45.5. The van der Waals surface area contributed by atoms with Crippen molar-refractivity contribution < 1.29 is 56.8 Å². The monoisotopic (exact) mass is 901 g/mol. The Morgan fingerprint density at radius 3 is 1.47 bits per heavy atom. The number of carbonyl (C=O) groups excluding carboxylic acids is 2. The van der Waals surface area contributed by atoms with Crippen LogP contribution in [0, 0.1) is 0 Å². The lowest BCUT2D eigenvalue weighted by molar-refractivity contribution is -0.297. The van der Waals surface area contributed by atoms with Crippen molar-refractivity contribution in [3.05, 3.63) is 36.5 Å². The largest absolute Gasteiger partial charge is 0.462 e. The van der Waals surface area contributed by atoms with Crippen molar-refractivity contribution in [2.45, 2.75) is 243 Å². The molecule has 4 N–H and O–H groups in total. The van der Waals surface area contributed by atoms with E-state index in [0.29, 0.717) is 12.8 Å². The molecular formula is C49H88O12S. The molecule has 1 saturated heterocycles. The van der Waals surface area contributed by atoms with E-state index in [-0.39, 0.29) is 19.4 Å². The number of aliphatic hydroxyl groups is 3. The van der Waals surface area contributed by atoms with Crippen molar-refractivity contribution in [1.82, 2.24) is 0 Å². The Labute approximate surface area is 376 Å². The van der Waals surface area contributed by atoms with E-state index in [1.165, 1.54) is 103 Å². The molecule has 62 heavy (non-hydrogen) atoms. The highest BCUT2D eigenvalue weighted by atomic mass is 32.2. The third-order valence-electron chi connectivity index (χ3n) is 11.2. The molecule has 1 aliphatic rings. The Morgan fingerprint density at radius 1 is 0.548 bits per heavy atom. The van der Waals surface area contributed by atoms with E-state index < -0.39 is 71.2 Å². The van der Waals surface area contributed by atoms with Crippen molar-refractivity contribution in [1.29, 1.82) is 0 Å². The van der Waals surface area contributed by atoms with Crippen LogP contribution in [0.5, 0.6) is 0 Å². The number of aliphatic hydroxyl groups excluding tert-OH is 3. The predicted octanol–water partition coefficient (Wildman–Crippen LogP) is 10.6. The molecule has 0 radical (unpaired) electrons. The second-order valence-electron chi connectivity index (χ2n) is 17.1. The van der Waals surface area contributed by atoms with Crippen LogP contribution in [0.2, 0.25) is 0 Å². The molecule has 6 atom stereocenters. The molecule has 0 aromatic rings. The van der Waals surface area contributed by atoms with E-state index in [4.69, 9.17) is 18.9 Å². The normalized spacial score (nSPS) is 20.1. The lowest BCUT2D eigenvalue weighted by atomic mass is 10.00. The number of esters is 2. The van der Waals surface area contributed by atoms with Gasteiger partial charge in [0.25, 0.3) is 10.1 Å². The summed E-state index contributed by atoms with van der Waals surface area (Å²) in [5, 5.41) is 30.9. The van der Waals surface area contributed by atoms with Gasteiger partial charge in [0.15, 0.2) is 12.4 Å². The molecule has 0 aromatic heterocycles. The summed E-state index contributed by atoms with van der Waals surface area (Å²) in [5.41, 5.74) is 0. The van der Waals surface area contributed by atoms with Crippen molar-refractivity contribution in [2.24, 2.45) is 0 Å². The standard InChI is InChI=1S/C49H88O12S/c1-3-5-7-9-11-13-15-17-19-20-21-22-24-25-27-29-31-33-35-37-44(50)58-39-42(40-59-49-48(54)47(53)46(52)43(61-49)41-62(55,56)57)60-45(51)38-36-34-32-30-28-26-23-18-16-14-12-10-8-6-4-2/h11,13-14,16-17,19,42-43,46-49,52-54H,3-10,12,15,18,20-41H2,1-2H3,(H,55,56,57)/b13-11+,16-14+,19-17+/t42-,43-,46-,47?,48?,49+/m1/s1. The van der Waals surface area contributed by atoms with Gasteiger partial charge in [-0.05, 0) is 70.6 Å². The number of carbonyl (C=O) groups is 2. The van der Waals surface area contributed by atoms with Gasteiger partial charge >= 0.3 is 11.9 Å². The van der Waals surface area contributed by atoms with Gasteiger partial charge in [-0.1, -0.05) is 159 Å². The first-order valence-electron chi connectivity index (χ1n) is 24.5. The Kier molecular flexibility index (Phi) is 36.6. The van der Waals surface area contributed by atoms with Gasteiger partial charge in [0.2, 0.25) is 0 Å². The molecular weight excluding hydrogens is 813 g/mol. The summed E-state index contributed by atoms with van der Waals surface area (Å²) in [4.78, 5) is 25.5. The molecule has 13 heteroatoms. The minimum Gasteiger partial charge on any atom is -0.462 e. The van der Waals surface area contributed by atoms with Crippen LogP contribution in [0.3, 0.4) is 0 Å². The molecule has 12 nitrogen and oxygen atoms in total. The smallest absolute Gasteiger partial charge is 0.306 e. The van der Waals surface area contributed by atoms with Crippen LogP contribution in [0.25, 0.3) is 0 Å². The summed E-state index contributed by atoms with van der Waals surface area (Å²) in [6, 6.07) is 0. The van der Waals surface area contributed by atoms with Gasteiger partial charge in [-0.25, -0.2) is 0 Å². The van der Waals surface area contributed by atoms with Crippen LogP contribution in [0.15, 0.2) is 36.5 Å². The number of rotatable bonds is 41. The second kappa shape index (κ2) is 39.3. The summed E-state index contributed by atoms with van der Waals surface area (Å²) in [6.45, 7) is 3.73. The molecule has 2 unspecified atom stereocenters. The third-order valence-corrected chi connectivity index (χ3v) is 11.9. The molecule has 0 aliphatic carbocycles. The summed E-state index contributed by atoms with van der Waals surface area (Å²) in [6.07, 6.45) is 36.1. The van der Waals surface area contributed by atoms with Gasteiger partial charge in [-0.2, -0.15) is 8.42 Å². The van der Waals surface area contributed by atoms with Crippen LogP contribution < -0.4 is 0 Å². The zero-order valence-electron chi connectivity index (χ0n) is 38.7. The number of allylic oxidation sites excluding steroid dienone is 6. The summed E-state index contributed by atoms with van der Waals surface area (Å²) in [5.74, 6) is -1.99. The zero-order valence-corrected chi connectivity index (χ0v) is 39.5. The molecule has 1 heterocycles. The van der Waals surface area contributed by atoms with E-state index in [9.17, 15) is 37.9 Å². The Bertz CT molecular complexity index is 1290. The second-order valence-corrected chi connectivity index (χ2v) is 18.6. The number of hydrogen-bond donors (Lipinski definition) is 4. The molecule has 0 saturated carbocycles. The molecule has 1 rings (SSSR count). The lowest BCUT2D eigenvalue weighted by Crippen LogP contribution is -2.60. The van der Waals surface area contributed by atoms with Crippen LogP contribution in [-0.4, -0.2) is 96.0 Å². The maximum absolute atomic E-state index is 12.8. The maximum Gasteiger partial charge on any atom is 0.306 e. The van der Waals surface area contributed by atoms with Gasteiger partial charge in [0.05, 0.1) is 6.61 Å². The molecule has 0 aromatic carbocycles. The lowest BCUT2D eigenvalue weighted by Gasteiger charge is -2.40. The van der Waals surface area contributed by atoms with E-state index in [2.05, 4.69) is 50.3 Å². The number of unbranched alkanes of at least 4 members (excludes halogenated alkanes) is 23. The van der Waals surface area contributed by atoms with Gasteiger partial charge in [-0.3, -0.25) is 14.1 Å². The molecule has 1 fully saturated rings. The SMILES string of the molecule is CCCCC/C=C/C/C=C/CCCCCCCCCCCC(=O)OC[C@H](CO[C@H]1O[C@H](CS(=O)(=O)O)[C@@H](O)C(O)C1O)OC(=O)CCCCCCCCC/C=C/CCCCCC. The number of ether oxygens (including phenoxy) is 4. The minimum atomic E-state index is -4.60. The van der Waals surface area contributed by atoms with Gasteiger partial charge in [0, 0.05) is 12.8 Å². The van der Waals surface area contributed by atoms with Crippen molar-refractivity contribution >= 4 is 22.1 Å². The summed E-state index contributed by atoms with van der Waals surface area (Å²) in [7, 11) is -4.60. The highest BCUT2D eigenvalue weighted by Gasteiger charge is 2.46. The first-order valence-corrected chi connectivity index (χ1v) is 26.2. The highest BCUT2D eigenvalue weighted by molar-refractivity contribution is 7.85. The van der Waals surface area contributed by atoms with Gasteiger partial charge < -0.3 is 34.3 Å². The minimum absolute atomic E-state index is 0.159. The van der Waals surface area contributed by atoms with Crippen molar-refractivity contribution in [2.75, 3.05) is 19.0 Å². The van der Waals surface area contributed by atoms with Crippen LogP contribution in [0.4, 0.5) is 0 Å². The first-order chi connectivity index (χ1) is 30.0. The molecule has 1 aliphatic heterocycles. The molecule has 0 spiro atoms. The highest BCUT2D eigenvalue weighted by Crippen LogP contribution is 2.24. The summed E-state index contributed by atoms with van der Waals surface area (Å²) < 4.78 is 54.2. The van der Waals surface area contributed by atoms with Crippen LogP contribution in [-0.2, 0) is 38.7 Å². The maximum atomic E-state index is 12.8. The van der Waals surface area contributed by atoms with Crippen molar-refractivity contribution in [3.63, 3.8) is 0 Å². The fraction of sp³-hybridized carbons (Fsp3) is 0.837. The van der Waals surface area contributed by atoms with E-state index in [0.717, 1.165) is 64.2 Å². The third kappa shape index (κ3) is 33.4. The average molecular weight is 901 g/mol. The van der Waals surface area contributed by atoms with Crippen LogP contribution >= 0.6 is 0 Å². The topological polar surface area (TPSA) is 186 Å². The average Bonchev–Trinajstić information content (AvgIpc) is 3.24. The Hall–Kier alpha value is -2.13. The predicted molar refractivity (Wildman–Crippen MR) is 247 cm³/mol. The fourth-order valence-electron chi connectivity index (χ4n) is 7.35. The Morgan fingerprint density at radius 2 is 0.968 bits per heavy atom. The molecule has 0 bridgehead atoms. The fourth-order valence-corrected chi connectivity index (χ4v) is 8.04. The van der Waals surface area contributed by atoms with E-state index in [1.807, 2.05) is 0 Å². The quantitative estimate of drug-likeness (QED) is 0.0197. The van der Waals surface area contributed by atoms with Gasteiger partial charge in [0.1, 0.15) is 36.8 Å². The van der Waals surface area contributed by atoms with E-state index in [1.54, 1.807) is 0 Å². The summed E-state index contributed by atoms with van der Waals surface area (Å²) >= 11 is 0. The van der Waals surface area contributed by atoms with Crippen LogP contribution in [0.1, 0.15) is 206 Å². The first kappa shape index (κ1) is 57.9. The van der Waals surface area contributed by atoms with E-state index >= 15 is 0 Å². The van der Waals surface area contributed by atoms with Crippen molar-refractivity contribution in [3.8, 4) is 0 Å². The molecule has 0 amide bonds. The Balaban J connectivity index is 2.40. The molecule has 362 valence electrons. The van der Waals surface area contributed by atoms with Gasteiger partial charge in [-0.15, -0.1) is 0 Å². The number of hydrogen-bond acceptors (Lipinski definition) is 11.